The number of rotatable bonds is 4. The van der Waals surface area contributed by atoms with E-state index in [0.29, 0.717) is 17.9 Å². The fraction of sp³-hybridized carbons (Fsp3) is 0.350. The molecule has 1 aliphatic heterocycles. The second-order valence-electron chi connectivity index (χ2n) is 8.16. The largest absolute Gasteiger partial charge is 0.413 e. The van der Waals surface area contributed by atoms with Crippen LogP contribution in [0.15, 0.2) is 57.8 Å². The average molecular weight is 388 g/mol. The predicted molar refractivity (Wildman–Crippen MR) is 108 cm³/mol. The summed E-state index contributed by atoms with van der Waals surface area (Å²) in [7, 11) is -5.45. The van der Waals surface area contributed by atoms with E-state index in [9.17, 15) is 8.42 Å². The molecule has 1 heterocycles. The highest BCUT2D eigenvalue weighted by Gasteiger charge is 2.37. The fourth-order valence-electron chi connectivity index (χ4n) is 2.60. The lowest BCUT2D eigenvalue weighted by Gasteiger charge is -2.36. The van der Waals surface area contributed by atoms with E-state index in [1.54, 1.807) is 18.2 Å². The summed E-state index contributed by atoms with van der Waals surface area (Å²) in [6.07, 6.45) is 0. The van der Waals surface area contributed by atoms with Crippen molar-refractivity contribution in [1.29, 1.82) is 0 Å². The molecule has 0 atom stereocenters. The molecule has 2 aromatic rings. The molecule has 2 aromatic carbocycles. The Labute approximate surface area is 157 Å². The molecule has 0 amide bonds. The first-order chi connectivity index (χ1) is 12.0. The van der Waals surface area contributed by atoms with Crippen molar-refractivity contribution in [1.82, 2.24) is 0 Å². The molecule has 0 bridgehead atoms. The van der Waals surface area contributed by atoms with Crippen LogP contribution in [0.4, 0.5) is 0 Å². The van der Waals surface area contributed by atoms with Gasteiger partial charge in [0.1, 0.15) is 0 Å². The van der Waals surface area contributed by atoms with Crippen LogP contribution in [0, 0.1) is 0 Å². The van der Waals surface area contributed by atoms with Crippen molar-refractivity contribution >= 4 is 24.1 Å². The molecule has 0 saturated heterocycles. The summed E-state index contributed by atoms with van der Waals surface area (Å²) in [5, 5.41) is 0.146. The molecule has 1 aliphatic rings. The number of hydrogen-bond donors (Lipinski definition) is 0. The van der Waals surface area contributed by atoms with Crippen molar-refractivity contribution in [3.8, 4) is 0 Å². The maximum Gasteiger partial charge on any atom is 0.283 e. The van der Waals surface area contributed by atoms with E-state index in [2.05, 4.69) is 38.3 Å². The Morgan fingerprint density at radius 2 is 1.73 bits per heavy atom. The molecule has 0 spiro atoms. The van der Waals surface area contributed by atoms with E-state index in [1.807, 2.05) is 30.3 Å². The maximum absolute atomic E-state index is 12.3. The smallest absolute Gasteiger partial charge is 0.283 e. The zero-order valence-electron chi connectivity index (χ0n) is 15.9. The van der Waals surface area contributed by atoms with Crippen molar-refractivity contribution in [3.05, 3.63) is 65.2 Å². The molecular formula is C20H25NO3SSi. The minimum Gasteiger partial charge on any atom is -0.413 e. The highest BCUT2D eigenvalue weighted by Crippen LogP contribution is 2.37. The molecule has 0 aliphatic carbocycles. The minimum atomic E-state index is -3.61. The van der Waals surface area contributed by atoms with Crippen LogP contribution in [0.2, 0.25) is 18.1 Å². The quantitative estimate of drug-likeness (QED) is 0.712. The third kappa shape index (κ3) is 3.54. The third-order valence-corrected chi connectivity index (χ3v) is 11.1. The van der Waals surface area contributed by atoms with E-state index < -0.39 is 18.3 Å². The molecule has 26 heavy (non-hydrogen) atoms. The van der Waals surface area contributed by atoms with E-state index in [0.717, 1.165) is 11.1 Å². The number of nitrogens with zero attached hydrogens (tertiary/aromatic N) is 1. The van der Waals surface area contributed by atoms with Gasteiger partial charge in [-0.2, -0.15) is 12.8 Å². The van der Waals surface area contributed by atoms with Crippen LogP contribution in [0.25, 0.3) is 0 Å². The minimum absolute atomic E-state index is 0.146. The summed E-state index contributed by atoms with van der Waals surface area (Å²) < 4.78 is 34.9. The molecule has 0 radical (unpaired) electrons. The SMILES string of the molecule is CC(C)(C)[Si](C)(C)OCc1cccc(C2=NS(=O)(=O)c3ccccc32)c1. The van der Waals surface area contributed by atoms with Gasteiger partial charge >= 0.3 is 0 Å². The monoisotopic (exact) mass is 387 g/mol. The summed E-state index contributed by atoms with van der Waals surface area (Å²) in [6, 6.07) is 14.8. The molecule has 0 unspecified atom stereocenters. The molecule has 4 nitrogen and oxygen atoms in total. The normalized spacial score (nSPS) is 16.3. The van der Waals surface area contributed by atoms with E-state index in [-0.39, 0.29) is 9.93 Å². The summed E-state index contributed by atoms with van der Waals surface area (Å²) >= 11 is 0. The van der Waals surface area contributed by atoms with E-state index >= 15 is 0 Å². The molecule has 3 rings (SSSR count). The molecule has 0 N–H and O–H groups in total. The van der Waals surface area contributed by atoms with Gasteiger partial charge in [0, 0.05) is 11.1 Å². The molecule has 0 saturated carbocycles. The van der Waals surface area contributed by atoms with Gasteiger partial charge in [-0.25, -0.2) is 0 Å². The van der Waals surface area contributed by atoms with Gasteiger partial charge in [-0.15, -0.1) is 0 Å². The molecular weight excluding hydrogens is 362 g/mol. The molecule has 6 heteroatoms. The number of hydrogen-bond acceptors (Lipinski definition) is 3. The lowest BCUT2D eigenvalue weighted by molar-refractivity contribution is 0.276. The molecule has 0 fully saturated rings. The fourth-order valence-corrected chi connectivity index (χ4v) is 4.80. The van der Waals surface area contributed by atoms with Crippen molar-refractivity contribution in [2.24, 2.45) is 4.40 Å². The first-order valence-corrected chi connectivity index (χ1v) is 13.0. The van der Waals surface area contributed by atoms with Crippen molar-refractivity contribution in [2.45, 2.75) is 50.4 Å². The summed E-state index contributed by atoms with van der Waals surface area (Å²) in [4.78, 5) is 0.276. The average Bonchev–Trinajstić information content (AvgIpc) is 2.84. The number of benzene rings is 2. The van der Waals surface area contributed by atoms with Crippen LogP contribution in [0.1, 0.15) is 37.5 Å². The number of fused-ring (bicyclic) bond motifs is 1. The Hall–Kier alpha value is -1.76. The molecule has 138 valence electrons. The predicted octanol–water partition coefficient (Wildman–Crippen LogP) is 4.75. The van der Waals surface area contributed by atoms with E-state index in [4.69, 9.17) is 4.43 Å². The van der Waals surface area contributed by atoms with Crippen LogP contribution in [0.5, 0.6) is 0 Å². The second-order valence-corrected chi connectivity index (χ2v) is 14.5. The van der Waals surface area contributed by atoms with Gasteiger partial charge in [-0.3, -0.25) is 0 Å². The lowest BCUT2D eigenvalue weighted by Crippen LogP contribution is -2.40. The Balaban J connectivity index is 1.90. The van der Waals surface area contributed by atoms with Crippen molar-refractivity contribution in [3.63, 3.8) is 0 Å². The van der Waals surface area contributed by atoms with Gasteiger partial charge in [-0.05, 0) is 35.8 Å². The first-order valence-electron chi connectivity index (χ1n) is 8.69. The Morgan fingerprint density at radius 1 is 1.04 bits per heavy atom. The van der Waals surface area contributed by atoms with Crippen LogP contribution < -0.4 is 0 Å². The number of sulfonamides is 1. The standard InChI is InChI=1S/C20H25NO3SSi/c1-20(2,3)26(4,5)24-14-15-9-8-10-16(13-15)19-17-11-6-7-12-18(17)25(22,23)21-19/h6-13H,14H2,1-5H3. The van der Waals surface area contributed by atoms with Gasteiger partial charge in [-0.1, -0.05) is 57.2 Å². The van der Waals surface area contributed by atoms with Gasteiger partial charge in [0.15, 0.2) is 8.32 Å². The Bertz CT molecular complexity index is 973. The van der Waals surface area contributed by atoms with Crippen LogP contribution in [0.3, 0.4) is 0 Å². The Morgan fingerprint density at radius 3 is 2.42 bits per heavy atom. The van der Waals surface area contributed by atoms with Crippen molar-refractivity contribution in [2.75, 3.05) is 0 Å². The van der Waals surface area contributed by atoms with Gasteiger partial charge in [0.05, 0.1) is 17.2 Å². The second kappa shape index (κ2) is 6.44. The summed E-state index contributed by atoms with van der Waals surface area (Å²) in [5.74, 6) is 0. The van der Waals surface area contributed by atoms with Crippen LogP contribution >= 0.6 is 0 Å². The van der Waals surface area contributed by atoms with Crippen molar-refractivity contribution < 1.29 is 12.8 Å². The highest BCUT2D eigenvalue weighted by atomic mass is 32.2. The third-order valence-electron chi connectivity index (χ3n) is 5.24. The molecule has 0 aromatic heterocycles. The first kappa shape index (κ1) is 19.0. The zero-order chi connectivity index (χ0) is 19.2. The topological polar surface area (TPSA) is 55.7 Å². The van der Waals surface area contributed by atoms with Gasteiger partial charge in [0.25, 0.3) is 10.0 Å². The van der Waals surface area contributed by atoms with Crippen LogP contribution in [-0.4, -0.2) is 22.4 Å². The highest BCUT2D eigenvalue weighted by molar-refractivity contribution is 7.90. The lowest BCUT2D eigenvalue weighted by atomic mass is 10.0. The summed E-state index contributed by atoms with van der Waals surface area (Å²) in [5.41, 5.74) is 3.00. The Kier molecular flexibility index (Phi) is 4.71. The van der Waals surface area contributed by atoms with Gasteiger partial charge < -0.3 is 4.43 Å². The zero-order valence-corrected chi connectivity index (χ0v) is 17.7. The summed E-state index contributed by atoms with van der Waals surface area (Å²) in [6.45, 7) is 11.6. The van der Waals surface area contributed by atoms with Gasteiger partial charge in [0.2, 0.25) is 0 Å². The van der Waals surface area contributed by atoms with E-state index in [1.165, 1.54) is 0 Å². The van der Waals surface area contributed by atoms with Crippen LogP contribution in [-0.2, 0) is 21.1 Å². The maximum atomic E-state index is 12.3.